The number of carboxylic acid groups (broad SMARTS) is 1. The van der Waals surface area contributed by atoms with Gasteiger partial charge >= 0.3 is 11.9 Å². The molecule has 1 aromatic heterocycles. The number of carbonyl (C=O) groups excluding carboxylic acids is 3. The van der Waals surface area contributed by atoms with Gasteiger partial charge in [0.05, 0.1) is 48.6 Å². The number of amides is 2. The number of aryl methyl sites for hydroxylation is 1. The van der Waals surface area contributed by atoms with Crippen LogP contribution >= 0.6 is 69.5 Å². The van der Waals surface area contributed by atoms with Gasteiger partial charge in [0, 0.05) is 15.5 Å². The van der Waals surface area contributed by atoms with Crippen LogP contribution in [0.5, 0.6) is 0 Å². The molecule has 2 amide bonds. The van der Waals surface area contributed by atoms with Gasteiger partial charge in [0.15, 0.2) is 0 Å². The normalized spacial score (nSPS) is 13.6. The lowest BCUT2D eigenvalue weighted by Crippen LogP contribution is -2.25. The highest BCUT2D eigenvalue weighted by Gasteiger charge is 2.30. The second-order valence-corrected chi connectivity index (χ2v) is 14.0. The number of benzene rings is 2. The number of hydrogen-bond acceptors (Lipinski definition) is 7. The number of nitrogens with one attached hydrogen (secondary N) is 2. The molecule has 0 saturated heterocycles. The smallest absolute Gasteiger partial charge is 0.341 e. The number of ether oxygens (including phenoxy) is 1. The number of anilines is 2. The molecule has 0 fully saturated rings. The lowest BCUT2D eigenvalue weighted by atomic mass is 9.96. The number of hydrogen-bond donors (Lipinski definition) is 3. The maximum atomic E-state index is 13.6. The van der Waals surface area contributed by atoms with Crippen LogP contribution in [0.4, 0.5) is 10.7 Å². The Morgan fingerprint density at radius 3 is 2.22 bits per heavy atom. The first-order valence-electron chi connectivity index (χ1n) is 14.3. The Morgan fingerprint density at radius 1 is 0.911 bits per heavy atom. The average molecular weight is 733 g/mol. The molecule has 1 aliphatic rings. The molecule has 1 unspecified atom stereocenters. The van der Waals surface area contributed by atoms with Gasteiger partial charge in [0.2, 0.25) is 5.91 Å². The van der Waals surface area contributed by atoms with Crippen molar-refractivity contribution in [3.8, 4) is 0 Å². The highest BCUT2D eigenvalue weighted by molar-refractivity contribution is 8.00. The molecule has 1 heterocycles. The van der Waals surface area contributed by atoms with E-state index in [1.807, 2.05) is 6.92 Å². The van der Waals surface area contributed by atoms with E-state index in [1.54, 1.807) is 31.2 Å². The molecule has 2 aromatic carbocycles. The Balaban J connectivity index is 1.55. The van der Waals surface area contributed by atoms with Crippen LogP contribution in [0.15, 0.2) is 29.2 Å². The standard InChI is InChI=1S/C31H30Cl4N2O6S2/c1-3-18(27(38)37-29-20(31(42)43-4-2)17-12-7-5-6-8-13-19(17)45-29)44-16-11-9-10-15(14-16)36-28(39)21-22(30(40)41)24(33)26(35)25(34)23(21)32/h9-11,14,18H,3-8,12-13H2,1-2H3,(H,36,39)(H,37,38)(H,40,41). The third kappa shape index (κ3) is 8.10. The van der Waals surface area contributed by atoms with Crippen molar-refractivity contribution in [3.05, 3.63) is 71.5 Å². The molecule has 3 N–H and O–H groups in total. The highest BCUT2D eigenvalue weighted by Crippen LogP contribution is 2.42. The van der Waals surface area contributed by atoms with Crippen molar-refractivity contribution in [2.24, 2.45) is 0 Å². The molecule has 3 aromatic rings. The summed E-state index contributed by atoms with van der Waals surface area (Å²) < 4.78 is 5.37. The Hall–Kier alpha value is -2.47. The van der Waals surface area contributed by atoms with E-state index in [2.05, 4.69) is 10.6 Å². The van der Waals surface area contributed by atoms with Crippen LogP contribution < -0.4 is 10.6 Å². The van der Waals surface area contributed by atoms with Gasteiger partial charge in [-0.25, -0.2) is 9.59 Å². The van der Waals surface area contributed by atoms with Crippen molar-refractivity contribution >= 4 is 104 Å². The first kappa shape index (κ1) is 35.4. The van der Waals surface area contributed by atoms with E-state index in [0.717, 1.165) is 49.0 Å². The fourth-order valence-corrected chi connectivity index (χ4v) is 8.31. The molecule has 45 heavy (non-hydrogen) atoms. The minimum absolute atomic E-state index is 0.235. The summed E-state index contributed by atoms with van der Waals surface area (Å²) in [4.78, 5) is 53.5. The number of esters is 1. The van der Waals surface area contributed by atoms with Crippen LogP contribution in [0.25, 0.3) is 0 Å². The van der Waals surface area contributed by atoms with Gasteiger partial charge in [0.1, 0.15) is 5.00 Å². The third-order valence-corrected chi connectivity index (χ3v) is 11.5. The van der Waals surface area contributed by atoms with Crippen molar-refractivity contribution in [2.75, 3.05) is 17.2 Å². The maximum absolute atomic E-state index is 13.6. The Morgan fingerprint density at radius 2 is 1.58 bits per heavy atom. The van der Waals surface area contributed by atoms with E-state index in [1.165, 1.54) is 23.1 Å². The van der Waals surface area contributed by atoms with E-state index in [9.17, 15) is 24.3 Å². The zero-order chi connectivity index (χ0) is 32.8. The SMILES string of the molecule is CCOC(=O)c1c(NC(=O)C(CC)Sc2cccc(NC(=O)c3c(Cl)c(Cl)c(Cl)c(Cl)c3C(=O)O)c2)sc2c1CCCCCC2. The number of halogens is 4. The predicted molar refractivity (Wildman–Crippen MR) is 183 cm³/mol. The number of aromatic carboxylic acids is 1. The summed E-state index contributed by atoms with van der Waals surface area (Å²) in [5, 5.41) is 14.0. The molecular formula is C31H30Cl4N2O6S2. The molecule has 240 valence electrons. The molecule has 0 bridgehead atoms. The Labute approximate surface area is 289 Å². The van der Waals surface area contributed by atoms with Crippen LogP contribution in [-0.4, -0.2) is 40.7 Å². The maximum Gasteiger partial charge on any atom is 0.341 e. The number of carboxylic acids is 1. The lowest BCUT2D eigenvalue weighted by Gasteiger charge is -2.16. The van der Waals surface area contributed by atoms with Crippen LogP contribution in [0.1, 0.15) is 87.5 Å². The summed E-state index contributed by atoms with van der Waals surface area (Å²) in [6, 6.07) is 6.71. The second kappa shape index (κ2) is 15.9. The fraction of sp³-hybridized carbons (Fsp3) is 0.355. The van der Waals surface area contributed by atoms with Gasteiger partial charge in [-0.15, -0.1) is 23.1 Å². The summed E-state index contributed by atoms with van der Waals surface area (Å²) in [6.45, 7) is 3.87. The summed E-state index contributed by atoms with van der Waals surface area (Å²) in [5.41, 5.74) is 0.739. The Kier molecular flexibility index (Phi) is 12.5. The molecule has 4 rings (SSSR count). The Bertz CT molecular complexity index is 1640. The van der Waals surface area contributed by atoms with Gasteiger partial charge in [0.25, 0.3) is 5.91 Å². The number of fused-ring (bicyclic) bond motifs is 1. The molecule has 0 saturated carbocycles. The van der Waals surface area contributed by atoms with Crippen LogP contribution in [0.2, 0.25) is 20.1 Å². The molecule has 0 aliphatic heterocycles. The summed E-state index contributed by atoms with van der Waals surface area (Å²) in [5.74, 6) is -3.05. The van der Waals surface area contributed by atoms with Crippen molar-refractivity contribution in [1.82, 2.24) is 0 Å². The van der Waals surface area contributed by atoms with Gasteiger partial charge in [-0.05, 0) is 62.8 Å². The molecule has 0 spiro atoms. The highest BCUT2D eigenvalue weighted by atomic mass is 35.5. The van der Waals surface area contributed by atoms with Crippen LogP contribution in [-0.2, 0) is 22.4 Å². The minimum Gasteiger partial charge on any atom is -0.478 e. The topological polar surface area (TPSA) is 122 Å². The van der Waals surface area contributed by atoms with Crippen molar-refractivity contribution in [3.63, 3.8) is 0 Å². The average Bonchev–Trinajstić information content (AvgIpc) is 3.31. The number of carbonyl (C=O) groups is 4. The van der Waals surface area contributed by atoms with E-state index in [-0.39, 0.29) is 27.6 Å². The van der Waals surface area contributed by atoms with Crippen LogP contribution in [0, 0.1) is 0 Å². The van der Waals surface area contributed by atoms with Gasteiger partial charge in [-0.2, -0.15) is 0 Å². The van der Waals surface area contributed by atoms with Crippen LogP contribution in [0.3, 0.4) is 0 Å². The molecule has 14 heteroatoms. The van der Waals surface area contributed by atoms with Crippen molar-refractivity contribution in [2.45, 2.75) is 68.9 Å². The monoisotopic (exact) mass is 730 g/mol. The quantitative estimate of drug-likeness (QED) is 0.0822. The van der Waals surface area contributed by atoms with Gasteiger partial charge in [-0.1, -0.05) is 72.2 Å². The molecule has 8 nitrogen and oxygen atoms in total. The minimum atomic E-state index is -1.50. The zero-order valence-corrected chi connectivity index (χ0v) is 29.0. The predicted octanol–water partition coefficient (Wildman–Crippen LogP) is 9.66. The number of rotatable bonds is 10. The van der Waals surface area contributed by atoms with E-state index >= 15 is 0 Å². The zero-order valence-electron chi connectivity index (χ0n) is 24.4. The largest absolute Gasteiger partial charge is 0.478 e. The number of thioether (sulfide) groups is 1. The van der Waals surface area contributed by atoms with Gasteiger partial charge < -0.3 is 20.5 Å². The van der Waals surface area contributed by atoms with Crippen molar-refractivity contribution in [1.29, 1.82) is 0 Å². The van der Waals surface area contributed by atoms with Crippen molar-refractivity contribution < 1.29 is 29.0 Å². The first-order valence-corrected chi connectivity index (χ1v) is 17.5. The fourth-order valence-electron chi connectivity index (χ4n) is 4.99. The van der Waals surface area contributed by atoms with E-state index < -0.39 is 39.2 Å². The molecule has 1 aliphatic carbocycles. The lowest BCUT2D eigenvalue weighted by molar-refractivity contribution is -0.115. The van der Waals surface area contributed by atoms with E-state index in [4.69, 9.17) is 51.1 Å². The van der Waals surface area contributed by atoms with E-state index in [0.29, 0.717) is 27.6 Å². The molecular weight excluding hydrogens is 702 g/mol. The summed E-state index contributed by atoms with van der Waals surface area (Å²) >= 11 is 27.1. The summed E-state index contributed by atoms with van der Waals surface area (Å²) in [6.07, 6.45) is 6.36. The summed E-state index contributed by atoms with van der Waals surface area (Å²) in [7, 11) is 0. The third-order valence-electron chi connectivity index (χ3n) is 7.13. The van der Waals surface area contributed by atoms with Gasteiger partial charge in [-0.3, -0.25) is 9.59 Å². The number of thiophene rings is 1. The second-order valence-electron chi connectivity index (χ2n) is 10.1. The molecule has 1 atom stereocenters. The molecule has 0 radical (unpaired) electrons. The first-order chi connectivity index (χ1) is 21.5.